The molecule has 0 saturated carbocycles. The fourth-order valence-electron chi connectivity index (χ4n) is 3.35. The maximum atomic E-state index is 12.3. The van der Waals surface area contributed by atoms with Gasteiger partial charge in [0.05, 0.1) is 7.11 Å². The van der Waals surface area contributed by atoms with Gasteiger partial charge in [0.1, 0.15) is 5.75 Å². The van der Waals surface area contributed by atoms with Gasteiger partial charge in [-0.15, -0.1) is 0 Å². The molecule has 1 aromatic carbocycles. The first-order valence-electron chi connectivity index (χ1n) is 7.64. The SMILES string of the molecule is COc1cccc(CN2CCC3(CC2)C(=O)N(C)C(=O)N3O)c1. The number of methoxy groups -OCH3 is 1. The Labute approximate surface area is 135 Å². The van der Waals surface area contributed by atoms with Crippen molar-refractivity contribution in [2.45, 2.75) is 24.9 Å². The third-order valence-electron chi connectivity index (χ3n) is 4.80. The Morgan fingerprint density at radius 2 is 1.96 bits per heavy atom. The normalized spacial score (nSPS) is 21.3. The lowest BCUT2D eigenvalue weighted by Gasteiger charge is -2.39. The summed E-state index contributed by atoms with van der Waals surface area (Å²) < 4.78 is 5.23. The Balaban J connectivity index is 1.67. The van der Waals surface area contributed by atoms with Crippen molar-refractivity contribution < 1.29 is 19.5 Å². The summed E-state index contributed by atoms with van der Waals surface area (Å²) in [6.07, 6.45) is 0.866. The molecule has 0 unspecified atom stereocenters. The summed E-state index contributed by atoms with van der Waals surface area (Å²) in [6, 6.07) is 7.22. The quantitative estimate of drug-likeness (QED) is 0.672. The number of piperidine rings is 1. The van der Waals surface area contributed by atoms with Gasteiger partial charge >= 0.3 is 6.03 Å². The number of likely N-dealkylation sites (N-methyl/N-ethyl adjacent to an activating group) is 1. The Kier molecular flexibility index (Phi) is 3.99. The van der Waals surface area contributed by atoms with Crippen LogP contribution in [-0.2, 0) is 11.3 Å². The monoisotopic (exact) mass is 319 g/mol. The molecule has 7 nitrogen and oxygen atoms in total. The lowest BCUT2D eigenvalue weighted by molar-refractivity contribution is -0.155. The van der Waals surface area contributed by atoms with E-state index in [2.05, 4.69) is 4.90 Å². The number of ether oxygens (including phenoxy) is 1. The largest absolute Gasteiger partial charge is 0.497 e. The minimum Gasteiger partial charge on any atom is -0.497 e. The van der Waals surface area contributed by atoms with E-state index in [0.29, 0.717) is 31.0 Å². The van der Waals surface area contributed by atoms with Gasteiger partial charge in [0.25, 0.3) is 5.91 Å². The zero-order chi connectivity index (χ0) is 16.6. The predicted molar refractivity (Wildman–Crippen MR) is 82.0 cm³/mol. The molecular formula is C16H21N3O4. The predicted octanol–water partition coefficient (Wildman–Crippen LogP) is 1.31. The van der Waals surface area contributed by atoms with Crippen LogP contribution < -0.4 is 4.74 Å². The van der Waals surface area contributed by atoms with Crippen LogP contribution in [0.15, 0.2) is 24.3 Å². The zero-order valence-electron chi connectivity index (χ0n) is 13.4. The number of urea groups is 1. The summed E-state index contributed by atoms with van der Waals surface area (Å²) in [6.45, 7) is 2.03. The molecule has 0 atom stereocenters. The molecule has 3 rings (SSSR count). The molecule has 2 aliphatic rings. The molecule has 2 heterocycles. The van der Waals surface area contributed by atoms with Crippen LogP contribution >= 0.6 is 0 Å². The van der Waals surface area contributed by atoms with Crippen LogP contribution in [0.25, 0.3) is 0 Å². The molecule has 0 aromatic heterocycles. The van der Waals surface area contributed by atoms with Crippen LogP contribution in [0.2, 0.25) is 0 Å². The van der Waals surface area contributed by atoms with E-state index in [9.17, 15) is 14.8 Å². The van der Waals surface area contributed by atoms with E-state index >= 15 is 0 Å². The van der Waals surface area contributed by atoms with Crippen LogP contribution in [0.4, 0.5) is 4.79 Å². The number of likely N-dealkylation sites (tertiary alicyclic amines) is 1. The van der Waals surface area contributed by atoms with Crippen LogP contribution in [0.3, 0.4) is 0 Å². The first-order valence-corrected chi connectivity index (χ1v) is 7.64. The van der Waals surface area contributed by atoms with Gasteiger partial charge in [0, 0.05) is 26.7 Å². The summed E-state index contributed by atoms with van der Waals surface area (Å²) in [7, 11) is 3.05. The second-order valence-electron chi connectivity index (χ2n) is 6.12. The van der Waals surface area contributed by atoms with E-state index in [1.54, 1.807) is 7.11 Å². The van der Waals surface area contributed by atoms with Crippen molar-refractivity contribution in [2.75, 3.05) is 27.2 Å². The van der Waals surface area contributed by atoms with E-state index < -0.39 is 11.6 Å². The molecule has 7 heteroatoms. The second-order valence-corrected chi connectivity index (χ2v) is 6.12. The Morgan fingerprint density at radius 3 is 2.52 bits per heavy atom. The molecule has 1 N–H and O–H groups in total. The lowest BCUT2D eigenvalue weighted by atomic mass is 9.87. The molecule has 2 saturated heterocycles. The second kappa shape index (κ2) is 5.82. The lowest BCUT2D eigenvalue weighted by Crippen LogP contribution is -2.55. The fraction of sp³-hybridized carbons (Fsp3) is 0.500. The van der Waals surface area contributed by atoms with Gasteiger partial charge in [-0.3, -0.25) is 19.8 Å². The highest BCUT2D eigenvalue weighted by Gasteiger charge is 2.57. The van der Waals surface area contributed by atoms with Crippen LogP contribution in [0.1, 0.15) is 18.4 Å². The van der Waals surface area contributed by atoms with Gasteiger partial charge in [-0.1, -0.05) is 12.1 Å². The topological polar surface area (TPSA) is 73.3 Å². The smallest absolute Gasteiger partial charge is 0.351 e. The number of hydrogen-bond donors (Lipinski definition) is 1. The van der Waals surface area contributed by atoms with Gasteiger partial charge in [0.2, 0.25) is 0 Å². The molecule has 3 amide bonds. The molecule has 0 radical (unpaired) electrons. The summed E-state index contributed by atoms with van der Waals surface area (Å²) >= 11 is 0. The zero-order valence-corrected chi connectivity index (χ0v) is 13.4. The van der Waals surface area contributed by atoms with E-state index in [-0.39, 0.29) is 5.91 Å². The summed E-state index contributed by atoms with van der Waals surface area (Å²) in [5.41, 5.74) is 0.0450. The van der Waals surface area contributed by atoms with Gasteiger partial charge < -0.3 is 4.74 Å². The average molecular weight is 319 g/mol. The van der Waals surface area contributed by atoms with Crippen molar-refractivity contribution in [1.82, 2.24) is 14.9 Å². The Hall–Kier alpha value is -2.12. The number of imide groups is 1. The summed E-state index contributed by atoms with van der Waals surface area (Å²) in [5.74, 6) is 0.502. The third-order valence-corrected chi connectivity index (χ3v) is 4.80. The van der Waals surface area contributed by atoms with Crippen molar-refractivity contribution in [3.8, 4) is 5.75 Å². The van der Waals surface area contributed by atoms with E-state index in [1.807, 2.05) is 24.3 Å². The van der Waals surface area contributed by atoms with Gasteiger partial charge in [0.15, 0.2) is 5.54 Å². The molecule has 1 aromatic rings. The highest BCUT2D eigenvalue weighted by atomic mass is 16.5. The molecule has 124 valence electrons. The summed E-state index contributed by atoms with van der Waals surface area (Å²) in [4.78, 5) is 27.3. The molecule has 2 aliphatic heterocycles. The minimum absolute atomic E-state index is 0.314. The number of carbonyl (C=O) groups is 2. The van der Waals surface area contributed by atoms with Crippen LogP contribution in [0, 0.1) is 0 Å². The molecule has 1 spiro atoms. The van der Waals surface area contributed by atoms with E-state index in [0.717, 1.165) is 22.8 Å². The third kappa shape index (κ3) is 2.55. The van der Waals surface area contributed by atoms with Gasteiger partial charge in [-0.2, -0.15) is 5.06 Å². The number of benzene rings is 1. The van der Waals surface area contributed by atoms with Gasteiger partial charge in [-0.25, -0.2) is 4.79 Å². The molecule has 0 aliphatic carbocycles. The minimum atomic E-state index is -1.09. The first-order chi connectivity index (χ1) is 11.0. The highest BCUT2D eigenvalue weighted by molar-refractivity contribution is 6.06. The van der Waals surface area contributed by atoms with E-state index in [4.69, 9.17) is 4.74 Å². The number of rotatable bonds is 3. The maximum Gasteiger partial charge on any atom is 0.351 e. The fourth-order valence-corrected chi connectivity index (χ4v) is 3.35. The van der Waals surface area contributed by atoms with Crippen molar-refractivity contribution in [3.63, 3.8) is 0 Å². The van der Waals surface area contributed by atoms with Crippen molar-refractivity contribution >= 4 is 11.9 Å². The van der Waals surface area contributed by atoms with Crippen LogP contribution in [-0.4, -0.2) is 64.8 Å². The number of amides is 3. The first kappa shape index (κ1) is 15.8. The van der Waals surface area contributed by atoms with Crippen molar-refractivity contribution in [3.05, 3.63) is 29.8 Å². The maximum absolute atomic E-state index is 12.3. The number of nitrogens with zero attached hydrogens (tertiary/aromatic N) is 3. The highest BCUT2D eigenvalue weighted by Crippen LogP contribution is 2.35. The average Bonchev–Trinajstić information content (AvgIpc) is 2.73. The van der Waals surface area contributed by atoms with Gasteiger partial charge in [-0.05, 0) is 30.5 Å². The Bertz CT molecular complexity index is 626. The van der Waals surface area contributed by atoms with Crippen molar-refractivity contribution in [2.24, 2.45) is 0 Å². The van der Waals surface area contributed by atoms with Crippen LogP contribution in [0.5, 0.6) is 5.75 Å². The molecular weight excluding hydrogens is 298 g/mol. The van der Waals surface area contributed by atoms with Crippen molar-refractivity contribution in [1.29, 1.82) is 0 Å². The van der Waals surface area contributed by atoms with E-state index in [1.165, 1.54) is 7.05 Å². The Morgan fingerprint density at radius 1 is 1.26 bits per heavy atom. The standard InChI is InChI=1S/C16H21N3O4/c1-17-14(20)16(19(22)15(17)21)6-8-18(9-7-16)11-12-4-3-5-13(10-12)23-2/h3-5,10,22H,6-9,11H2,1-2H3. The molecule has 2 fully saturated rings. The molecule has 23 heavy (non-hydrogen) atoms. The summed E-state index contributed by atoms with van der Waals surface area (Å²) in [5, 5.41) is 10.7. The molecule has 0 bridgehead atoms. The number of hydroxylamine groups is 2. The number of hydrogen-bond acceptors (Lipinski definition) is 5. The number of carbonyl (C=O) groups excluding carboxylic acids is 2.